The summed E-state index contributed by atoms with van der Waals surface area (Å²) >= 11 is 3.32. The van der Waals surface area contributed by atoms with Crippen molar-refractivity contribution in [2.24, 2.45) is 0 Å². The van der Waals surface area contributed by atoms with Crippen molar-refractivity contribution >= 4 is 37.5 Å². The lowest BCUT2D eigenvalue weighted by Gasteiger charge is -2.30. The molecule has 116 valence electrons. The molecule has 1 heterocycles. The summed E-state index contributed by atoms with van der Waals surface area (Å²) in [5, 5.41) is 0. The van der Waals surface area contributed by atoms with Crippen molar-refractivity contribution in [3.05, 3.63) is 28.7 Å². The van der Waals surface area contributed by atoms with Crippen LogP contribution in [-0.2, 0) is 14.8 Å². The zero-order valence-electron chi connectivity index (χ0n) is 12.0. The van der Waals surface area contributed by atoms with Crippen molar-refractivity contribution in [2.45, 2.75) is 19.3 Å². The molecule has 1 aromatic rings. The molecular formula is C14H19BrN2O3S. The highest BCUT2D eigenvalue weighted by atomic mass is 79.9. The first-order chi connectivity index (χ1) is 9.88. The molecule has 1 amide bonds. The maximum Gasteiger partial charge on any atom is 0.243 e. The Balaban J connectivity index is 2.19. The first-order valence-corrected chi connectivity index (χ1v) is 9.53. The molecule has 0 bridgehead atoms. The fourth-order valence-corrected chi connectivity index (χ4v) is 3.63. The highest BCUT2D eigenvalue weighted by molar-refractivity contribution is 9.10. The lowest BCUT2D eigenvalue weighted by Crippen LogP contribution is -2.44. The topological polar surface area (TPSA) is 57.7 Å². The summed E-state index contributed by atoms with van der Waals surface area (Å²) in [4.78, 5) is 14.1. The van der Waals surface area contributed by atoms with Crippen LogP contribution in [0, 0.1) is 0 Å². The van der Waals surface area contributed by atoms with Crippen molar-refractivity contribution in [2.75, 3.05) is 30.2 Å². The lowest BCUT2D eigenvalue weighted by atomic mass is 10.1. The predicted molar refractivity (Wildman–Crippen MR) is 86.8 cm³/mol. The van der Waals surface area contributed by atoms with Gasteiger partial charge in [0.2, 0.25) is 15.9 Å². The van der Waals surface area contributed by atoms with E-state index in [2.05, 4.69) is 15.9 Å². The molecule has 1 aliphatic heterocycles. The van der Waals surface area contributed by atoms with Gasteiger partial charge in [0.15, 0.2) is 0 Å². The van der Waals surface area contributed by atoms with Gasteiger partial charge in [0.1, 0.15) is 6.54 Å². The van der Waals surface area contributed by atoms with Gasteiger partial charge in [-0.3, -0.25) is 9.10 Å². The minimum atomic E-state index is -3.50. The molecule has 1 fully saturated rings. The van der Waals surface area contributed by atoms with Crippen LogP contribution in [0.15, 0.2) is 28.7 Å². The number of rotatable bonds is 4. The third-order valence-electron chi connectivity index (χ3n) is 3.48. The van der Waals surface area contributed by atoms with E-state index in [0.29, 0.717) is 5.69 Å². The van der Waals surface area contributed by atoms with Gasteiger partial charge >= 0.3 is 0 Å². The summed E-state index contributed by atoms with van der Waals surface area (Å²) in [7, 11) is -3.50. The molecule has 0 spiro atoms. The smallest absolute Gasteiger partial charge is 0.243 e. The van der Waals surface area contributed by atoms with Gasteiger partial charge in [-0.1, -0.05) is 22.0 Å². The Labute approximate surface area is 134 Å². The summed E-state index contributed by atoms with van der Waals surface area (Å²) in [5.41, 5.74) is 0.497. The normalized spacial score (nSPS) is 15.8. The SMILES string of the molecule is CS(=O)(=O)N(CC(=O)N1CCCCC1)c1cccc(Br)c1. The van der Waals surface area contributed by atoms with E-state index in [4.69, 9.17) is 0 Å². The number of piperidine rings is 1. The molecule has 7 heteroatoms. The van der Waals surface area contributed by atoms with E-state index < -0.39 is 10.0 Å². The third kappa shape index (κ3) is 4.44. The number of benzene rings is 1. The van der Waals surface area contributed by atoms with Crippen LogP contribution in [0.5, 0.6) is 0 Å². The Kier molecular flexibility index (Phi) is 5.27. The number of likely N-dealkylation sites (tertiary alicyclic amines) is 1. The number of anilines is 1. The van der Waals surface area contributed by atoms with Gasteiger partial charge in [-0.25, -0.2) is 8.42 Å². The van der Waals surface area contributed by atoms with Gasteiger partial charge in [0, 0.05) is 17.6 Å². The van der Waals surface area contributed by atoms with Gasteiger partial charge in [-0.15, -0.1) is 0 Å². The first-order valence-electron chi connectivity index (χ1n) is 6.89. The fourth-order valence-electron chi connectivity index (χ4n) is 2.40. The number of sulfonamides is 1. The minimum absolute atomic E-state index is 0.139. The number of hydrogen-bond acceptors (Lipinski definition) is 3. The summed E-state index contributed by atoms with van der Waals surface area (Å²) < 4.78 is 25.9. The highest BCUT2D eigenvalue weighted by Gasteiger charge is 2.24. The molecule has 0 unspecified atom stereocenters. The number of amides is 1. The Morgan fingerprint density at radius 3 is 2.52 bits per heavy atom. The highest BCUT2D eigenvalue weighted by Crippen LogP contribution is 2.22. The van der Waals surface area contributed by atoms with Gasteiger partial charge in [-0.05, 0) is 37.5 Å². The summed E-state index contributed by atoms with van der Waals surface area (Å²) in [6.07, 6.45) is 4.23. The van der Waals surface area contributed by atoms with Gasteiger partial charge in [0.25, 0.3) is 0 Å². The van der Waals surface area contributed by atoms with E-state index in [-0.39, 0.29) is 12.5 Å². The number of hydrogen-bond donors (Lipinski definition) is 0. The van der Waals surface area contributed by atoms with E-state index in [1.54, 1.807) is 23.1 Å². The first kappa shape index (κ1) is 16.3. The van der Waals surface area contributed by atoms with Crippen LogP contribution >= 0.6 is 15.9 Å². The van der Waals surface area contributed by atoms with E-state index in [1.807, 2.05) is 6.07 Å². The second kappa shape index (κ2) is 6.79. The van der Waals surface area contributed by atoms with Crippen molar-refractivity contribution in [3.8, 4) is 0 Å². The molecule has 2 rings (SSSR count). The van der Waals surface area contributed by atoms with Crippen LogP contribution in [-0.4, -0.2) is 45.1 Å². The monoisotopic (exact) mass is 374 g/mol. The van der Waals surface area contributed by atoms with Crippen LogP contribution in [0.1, 0.15) is 19.3 Å². The van der Waals surface area contributed by atoms with Gasteiger partial charge < -0.3 is 4.90 Å². The number of halogens is 1. The van der Waals surface area contributed by atoms with Gasteiger partial charge in [0.05, 0.1) is 11.9 Å². The molecular weight excluding hydrogens is 356 g/mol. The number of carbonyl (C=O) groups is 1. The largest absolute Gasteiger partial charge is 0.341 e. The Morgan fingerprint density at radius 2 is 1.95 bits per heavy atom. The Morgan fingerprint density at radius 1 is 1.29 bits per heavy atom. The van der Waals surface area contributed by atoms with E-state index >= 15 is 0 Å². The van der Waals surface area contributed by atoms with Crippen LogP contribution in [0.3, 0.4) is 0 Å². The minimum Gasteiger partial charge on any atom is -0.341 e. The van der Waals surface area contributed by atoms with Crippen molar-refractivity contribution < 1.29 is 13.2 Å². The zero-order chi connectivity index (χ0) is 15.5. The molecule has 1 aliphatic rings. The molecule has 0 saturated carbocycles. The molecule has 0 atom stereocenters. The van der Waals surface area contributed by atoms with Crippen LogP contribution in [0.4, 0.5) is 5.69 Å². The number of carbonyl (C=O) groups excluding carboxylic acids is 1. The van der Waals surface area contributed by atoms with Crippen LogP contribution < -0.4 is 4.31 Å². The second-order valence-corrected chi connectivity index (χ2v) is 8.01. The van der Waals surface area contributed by atoms with Crippen LogP contribution in [0.2, 0.25) is 0 Å². The molecule has 5 nitrogen and oxygen atoms in total. The standard InChI is InChI=1S/C14H19BrN2O3S/c1-21(19,20)17(13-7-5-6-12(15)10-13)11-14(18)16-8-3-2-4-9-16/h5-7,10H,2-4,8-9,11H2,1H3. The van der Waals surface area contributed by atoms with Crippen molar-refractivity contribution in [1.29, 1.82) is 0 Å². The Hall–Kier alpha value is -1.08. The molecule has 0 aromatic heterocycles. The molecule has 0 radical (unpaired) electrons. The summed E-state index contributed by atoms with van der Waals surface area (Å²) in [5.74, 6) is -0.139. The molecule has 0 N–H and O–H groups in total. The quantitative estimate of drug-likeness (QED) is 0.811. The fraction of sp³-hybridized carbons (Fsp3) is 0.500. The molecule has 21 heavy (non-hydrogen) atoms. The maximum absolute atomic E-state index is 12.3. The maximum atomic E-state index is 12.3. The van der Waals surface area contributed by atoms with E-state index in [1.165, 1.54) is 0 Å². The second-order valence-electron chi connectivity index (χ2n) is 5.19. The van der Waals surface area contributed by atoms with Crippen molar-refractivity contribution in [1.82, 2.24) is 4.90 Å². The lowest BCUT2D eigenvalue weighted by molar-refractivity contribution is -0.130. The van der Waals surface area contributed by atoms with Crippen LogP contribution in [0.25, 0.3) is 0 Å². The van der Waals surface area contributed by atoms with Gasteiger partial charge in [-0.2, -0.15) is 0 Å². The van der Waals surface area contributed by atoms with E-state index in [9.17, 15) is 13.2 Å². The summed E-state index contributed by atoms with van der Waals surface area (Å²) in [6.45, 7) is 1.29. The summed E-state index contributed by atoms with van der Waals surface area (Å²) in [6, 6.07) is 6.96. The molecule has 1 saturated heterocycles. The average molecular weight is 375 g/mol. The van der Waals surface area contributed by atoms with Crippen molar-refractivity contribution in [3.63, 3.8) is 0 Å². The average Bonchev–Trinajstić information content (AvgIpc) is 2.44. The molecule has 1 aromatic carbocycles. The number of nitrogens with zero attached hydrogens (tertiary/aromatic N) is 2. The zero-order valence-corrected chi connectivity index (χ0v) is 14.4. The predicted octanol–water partition coefficient (Wildman–Crippen LogP) is 2.23. The Bertz CT molecular complexity index is 612. The van der Waals surface area contributed by atoms with E-state index in [0.717, 1.165) is 47.4 Å². The third-order valence-corrected chi connectivity index (χ3v) is 5.12. The molecule has 0 aliphatic carbocycles.